The third kappa shape index (κ3) is 2.44. The second kappa shape index (κ2) is 4.79. The maximum Gasteiger partial charge on any atom is 0.235 e. The first kappa shape index (κ1) is 12.0. The lowest BCUT2D eigenvalue weighted by molar-refractivity contribution is -0.134. The number of imide groups is 1. The SMILES string of the molecule is O=C1CCC(c2cc(F)c(CCl)cn2)C(=O)N1. The molecule has 6 heteroatoms. The van der Waals surface area contributed by atoms with E-state index in [9.17, 15) is 14.0 Å². The summed E-state index contributed by atoms with van der Waals surface area (Å²) in [4.78, 5) is 26.5. The van der Waals surface area contributed by atoms with Gasteiger partial charge in [-0.25, -0.2) is 4.39 Å². The minimum atomic E-state index is -0.563. The van der Waals surface area contributed by atoms with E-state index >= 15 is 0 Å². The van der Waals surface area contributed by atoms with Crippen LogP contribution in [0.3, 0.4) is 0 Å². The van der Waals surface area contributed by atoms with Gasteiger partial charge in [-0.05, 0) is 12.5 Å². The highest BCUT2D eigenvalue weighted by atomic mass is 35.5. The highest BCUT2D eigenvalue weighted by Gasteiger charge is 2.29. The molecule has 0 spiro atoms. The zero-order chi connectivity index (χ0) is 12.4. The number of pyridine rings is 1. The summed E-state index contributed by atoms with van der Waals surface area (Å²) in [6.45, 7) is 0. The largest absolute Gasteiger partial charge is 0.296 e. The molecule has 2 amide bonds. The van der Waals surface area contributed by atoms with Gasteiger partial charge in [-0.2, -0.15) is 0 Å². The van der Waals surface area contributed by atoms with Crippen molar-refractivity contribution in [3.8, 4) is 0 Å². The van der Waals surface area contributed by atoms with Crippen LogP contribution in [0.25, 0.3) is 0 Å². The Hall–Kier alpha value is -1.49. The number of halogens is 2. The molecule has 17 heavy (non-hydrogen) atoms. The van der Waals surface area contributed by atoms with E-state index in [0.29, 0.717) is 17.7 Å². The number of piperidine rings is 1. The fourth-order valence-corrected chi connectivity index (χ4v) is 1.94. The molecule has 1 saturated heterocycles. The van der Waals surface area contributed by atoms with Gasteiger partial charge in [0.2, 0.25) is 11.8 Å². The normalized spacial score (nSPS) is 20.2. The molecule has 1 aliphatic rings. The zero-order valence-corrected chi connectivity index (χ0v) is 9.63. The number of aromatic nitrogens is 1. The van der Waals surface area contributed by atoms with Crippen molar-refractivity contribution in [2.45, 2.75) is 24.6 Å². The van der Waals surface area contributed by atoms with Crippen LogP contribution < -0.4 is 5.32 Å². The minimum absolute atomic E-state index is 0.0362. The lowest BCUT2D eigenvalue weighted by Gasteiger charge is -2.20. The molecule has 0 aliphatic carbocycles. The summed E-state index contributed by atoms with van der Waals surface area (Å²) in [6, 6.07) is 1.21. The van der Waals surface area contributed by atoms with Crippen LogP contribution in [0.5, 0.6) is 0 Å². The van der Waals surface area contributed by atoms with Gasteiger partial charge in [0.1, 0.15) is 5.82 Å². The highest BCUT2D eigenvalue weighted by molar-refractivity contribution is 6.17. The Morgan fingerprint density at radius 2 is 2.29 bits per heavy atom. The molecule has 2 rings (SSSR count). The molecular formula is C11H10ClFN2O2. The second-order valence-electron chi connectivity index (χ2n) is 3.84. The Kier molecular flexibility index (Phi) is 3.38. The molecule has 0 saturated carbocycles. The molecule has 0 bridgehead atoms. The Labute approximate surface area is 102 Å². The smallest absolute Gasteiger partial charge is 0.235 e. The van der Waals surface area contributed by atoms with E-state index in [1.807, 2.05) is 0 Å². The van der Waals surface area contributed by atoms with Crippen LogP contribution in [0.2, 0.25) is 0 Å². The van der Waals surface area contributed by atoms with E-state index in [0.717, 1.165) is 0 Å². The number of alkyl halides is 1. The van der Waals surface area contributed by atoms with Crippen molar-refractivity contribution >= 4 is 23.4 Å². The van der Waals surface area contributed by atoms with Crippen molar-refractivity contribution in [3.63, 3.8) is 0 Å². The van der Waals surface area contributed by atoms with Gasteiger partial charge >= 0.3 is 0 Å². The molecular weight excluding hydrogens is 247 g/mol. The number of rotatable bonds is 2. The maximum atomic E-state index is 13.5. The standard InChI is InChI=1S/C11H10ClFN2O2/c12-4-6-5-14-9(3-8(6)13)7-1-2-10(16)15-11(7)17/h3,5,7H,1-2,4H2,(H,15,16,17). The molecule has 1 aromatic rings. The van der Waals surface area contributed by atoms with Crippen LogP contribution in [0.4, 0.5) is 4.39 Å². The Balaban J connectivity index is 2.25. The summed E-state index contributed by atoms with van der Waals surface area (Å²) in [5.74, 6) is -1.73. The van der Waals surface area contributed by atoms with Gasteiger partial charge in [-0.3, -0.25) is 19.9 Å². The van der Waals surface area contributed by atoms with Gasteiger partial charge in [0.25, 0.3) is 0 Å². The first-order chi connectivity index (χ1) is 8.11. The molecule has 0 radical (unpaired) electrons. The predicted octanol–water partition coefficient (Wildman–Crippen LogP) is 1.48. The van der Waals surface area contributed by atoms with Crippen LogP contribution in [-0.2, 0) is 15.5 Å². The number of hydrogen-bond donors (Lipinski definition) is 1. The molecule has 90 valence electrons. The number of carbonyl (C=O) groups excluding carboxylic acids is 2. The number of hydrogen-bond acceptors (Lipinski definition) is 3. The van der Waals surface area contributed by atoms with Gasteiger partial charge in [0.15, 0.2) is 0 Å². The van der Waals surface area contributed by atoms with Crippen LogP contribution in [-0.4, -0.2) is 16.8 Å². The zero-order valence-electron chi connectivity index (χ0n) is 8.87. The Bertz CT molecular complexity index is 479. The fourth-order valence-electron chi connectivity index (χ4n) is 1.74. The molecule has 1 N–H and O–H groups in total. The van der Waals surface area contributed by atoms with Crippen LogP contribution in [0.15, 0.2) is 12.3 Å². The topological polar surface area (TPSA) is 59.1 Å². The van der Waals surface area contributed by atoms with E-state index in [1.54, 1.807) is 0 Å². The summed E-state index contributed by atoms with van der Waals surface area (Å²) in [7, 11) is 0. The lowest BCUT2D eigenvalue weighted by Crippen LogP contribution is -2.39. The first-order valence-corrected chi connectivity index (χ1v) is 5.69. The van der Waals surface area contributed by atoms with E-state index in [4.69, 9.17) is 11.6 Å². The van der Waals surface area contributed by atoms with Crippen molar-refractivity contribution < 1.29 is 14.0 Å². The molecule has 1 fully saturated rings. The Morgan fingerprint density at radius 1 is 1.53 bits per heavy atom. The summed E-state index contributed by atoms with van der Waals surface area (Å²) >= 11 is 5.51. The number of nitrogens with one attached hydrogen (secondary N) is 1. The molecule has 1 atom stereocenters. The Morgan fingerprint density at radius 3 is 2.88 bits per heavy atom. The van der Waals surface area contributed by atoms with Gasteiger partial charge in [-0.15, -0.1) is 11.6 Å². The third-order valence-electron chi connectivity index (χ3n) is 2.69. The van der Waals surface area contributed by atoms with Crippen molar-refractivity contribution in [2.75, 3.05) is 0 Å². The molecule has 0 aromatic carbocycles. The molecule has 1 aromatic heterocycles. The molecule has 2 heterocycles. The quantitative estimate of drug-likeness (QED) is 0.644. The van der Waals surface area contributed by atoms with Gasteiger partial charge in [-0.1, -0.05) is 0 Å². The van der Waals surface area contributed by atoms with Gasteiger partial charge in [0, 0.05) is 18.2 Å². The van der Waals surface area contributed by atoms with E-state index in [2.05, 4.69) is 10.3 Å². The average molecular weight is 257 g/mol. The number of nitrogens with zero attached hydrogens (tertiary/aromatic N) is 1. The number of carbonyl (C=O) groups is 2. The molecule has 1 aliphatic heterocycles. The van der Waals surface area contributed by atoms with Crippen molar-refractivity contribution in [1.29, 1.82) is 0 Å². The van der Waals surface area contributed by atoms with E-state index in [-0.39, 0.29) is 18.2 Å². The summed E-state index contributed by atoms with van der Waals surface area (Å²) < 4.78 is 13.5. The lowest BCUT2D eigenvalue weighted by atomic mass is 9.94. The summed E-state index contributed by atoms with van der Waals surface area (Å²) in [5, 5.41) is 2.21. The van der Waals surface area contributed by atoms with Crippen LogP contribution in [0.1, 0.15) is 30.0 Å². The van der Waals surface area contributed by atoms with Gasteiger partial charge in [0.05, 0.1) is 17.5 Å². The molecule has 4 nitrogen and oxygen atoms in total. The molecule has 1 unspecified atom stereocenters. The van der Waals surface area contributed by atoms with Crippen molar-refractivity contribution in [3.05, 3.63) is 29.3 Å². The maximum absolute atomic E-state index is 13.5. The summed E-state index contributed by atoms with van der Waals surface area (Å²) in [5.41, 5.74) is 0.629. The number of amides is 2. The first-order valence-electron chi connectivity index (χ1n) is 5.16. The van der Waals surface area contributed by atoms with Gasteiger partial charge < -0.3 is 0 Å². The van der Waals surface area contributed by atoms with Crippen molar-refractivity contribution in [1.82, 2.24) is 10.3 Å². The highest BCUT2D eigenvalue weighted by Crippen LogP contribution is 2.24. The average Bonchev–Trinajstić information content (AvgIpc) is 2.29. The predicted molar refractivity (Wildman–Crippen MR) is 58.9 cm³/mol. The monoisotopic (exact) mass is 256 g/mol. The minimum Gasteiger partial charge on any atom is -0.296 e. The van der Waals surface area contributed by atoms with Crippen LogP contribution >= 0.6 is 11.6 Å². The van der Waals surface area contributed by atoms with Crippen LogP contribution in [0, 0.1) is 5.82 Å². The second-order valence-corrected chi connectivity index (χ2v) is 4.11. The third-order valence-corrected chi connectivity index (χ3v) is 2.98. The van der Waals surface area contributed by atoms with Crippen molar-refractivity contribution in [2.24, 2.45) is 0 Å². The van der Waals surface area contributed by atoms with E-state index < -0.39 is 17.6 Å². The fraction of sp³-hybridized carbons (Fsp3) is 0.364. The summed E-state index contributed by atoms with van der Waals surface area (Å²) in [6.07, 6.45) is 1.93. The van der Waals surface area contributed by atoms with E-state index in [1.165, 1.54) is 12.3 Å².